The second kappa shape index (κ2) is 4.94. The van der Waals surface area contributed by atoms with Gasteiger partial charge in [0.15, 0.2) is 0 Å². The normalized spacial score (nSPS) is 29.5. The highest BCUT2D eigenvalue weighted by Gasteiger charge is 2.35. The lowest BCUT2D eigenvalue weighted by Crippen LogP contribution is -2.51. The SMILES string of the molecule is C[C@@H]1[C@H](NC(=O)OC(C)(C)C)COC(=O)[C@@H]1C. The average Bonchev–Trinajstić information content (AvgIpc) is 2.16. The van der Waals surface area contributed by atoms with E-state index in [0.29, 0.717) is 0 Å². The molecule has 0 spiro atoms. The highest BCUT2D eigenvalue weighted by atomic mass is 16.6. The van der Waals surface area contributed by atoms with Gasteiger partial charge in [-0.3, -0.25) is 4.79 Å². The first-order chi connectivity index (χ1) is 7.70. The number of esters is 1. The molecular formula is C12H21NO4. The van der Waals surface area contributed by atoms with Crippen molar-refractivity contribution in [1.82, 2.24) is 5.32 Å². The number of hydrogen-bond acceptors (Lipinski definition) is 4. The Labute approximate surface area is 102 Å². The third kappa shape index (κ3) is 3.91. The van der Waals surface area contributed by atoms with E-state index in [9.17, 15) is 9.59 Å². The number of carbonyl (C=O) groups excluding carboxylic acids is 2. The summed E-state index contributed by atoms with van der Waals surface area (Å²) in [6.45, 7) is 9.35. The van der Waals surface area contributed by atoms with Crippen molar-refractivity contribution >= 4 is 12.1 Å². The van der Waals surface area contributed by atoms with E-state index < -0.39 is 11.7 Å². The van der Waals surface area contributed by atoms with Crippen molar-refractivity contribution in [2.24, 2.45) is 11.8 Å². The van der Waals surface area contributed by atoms with Crippen LogP contribution < -0.4 is 5.32 Å². The van der Waals surface area contributed by atoms with Gasteiger partial charge >= 0.3 is 12.1 Å². The monoisotopic (exact) mass is 243 g/mol. The average molecular weight is 243 g/mol. The Morgan fingerprint density at radius 2 is 2.00 bits per heavy atom. The van der Waals surface area contributed by atoms with Crippen molar-refractivity contribution in [1.29, 1.82) is 0 Å². The van der Waals surface area contributed by atoms with Crippen LogP contribution in [0.2, 0.25) is 0 Å². The molecule has 0 bridgehead atoms. The van der Waals surface area contributed by atoms with E-state index in [1.807, 2.05) is 6.92 Å². The number of alkyl carbamates (subject to hydrolysis) is 1. The second-order valence-electron chi connectivity index (χ2n) is 5.53. The molecule has 5 nitrogen and oxygen atoms in total. The van der Waals surface area contributed by atoms with Crippen LogP contribution in [0.5, 0.6) is 0 Å². The van der Waals surface area contributed by atoms with Crippen molar-refractivity contribution in [2.75, 3.05) is 6.61 Å². The Hall–Kier alpha value is -1.26. The fourth-order valence-corrected chi connectivity index (χ4v) is 1.65. The molecule has 0 aromatic carbocycles. The van der Waals surface area contributed by atoms with Crippen molar-refractivity contribution in [3.63, 3.8) is 0 Å². The third-order valence-corrected chi connectivity index (χ3v) is 2.90. The van der Waals surface area contributed by atoms with Gasteiger partial charge in [0.1, 0.15) is 12.2 Å². The summed E-state index contributed by atoms with van der Waals surface area (Å²) >= 11 is 0. The predicted molar refractivity (Wildman–Crippen MR) is 62.4 cm³/mol. The number of nitrogens with one attached hydrogen (secondary N) is 1. The molecule has 1 aliphatic rings. The van der Waals surface area contributed by atoms with Crippen LogP contribution in [-0.4, -0.2) is 30.3 Å². The molecule has 0 aromatic rings. The summed E-state index contributed by atoms with van der Waals surface area (Å²) < 4.78 is 10.2. The van der Waals surface area contributed by atoms with Gasteiger partial charge in [0.25, 0.3) is 0 Å². The lowest BCUT2D eigenvalue weighted by molar-refractivity contribution is -0.157. The molecule has 17 heavy (non-hydrogen) atoms. The van der Waals surface area contributed by atoms with E-state index in [4.69, 9.17) is 9.47 Å². The number of rotatable bonds is 1. The maximum Gasteiger partial charge on any atom is 0.408 e. The number of ether oxygens (including phenoxy) is 2. The quantitative estimate of drug-likeness (QED) is 0.712. The molecule has 3 atom stereocenters. The van der Waals surface area contributed by atoms with Crippen LogP contribution in [0.1, 0.15) is 34.6 Å². The fraction of sp³-hybridized carbons (Fsp3) is 0.833. The van der Waals surface area contributed by atoms with Gasteiger partial charge in [-0.1, -0.05) is 13.8 Å². The zero-order valence-corrected chi connectivity index (χ0v) is 11.1. The lowest BCUT2D eigenvalue weighted by atomic mass is 9.87. The Morgan fingerprint density at radius 3 is 2.53 bits per heavy atom. The Bertz CT molecular complexity index is 308. The standard InChI is InChI=1S/C12H21NO4/c1-7-8(2)10(14)16-6-9(7)13-11(15)17-12(3,4)5/h7-9H,6H2,1-5H3,(H,13,15)/t7-,8+,9+/m0/s1. The third-order valence-electron chi connectivity index (χ3n) is 2.90. The first-order valence-corrected chi connectivity index (χ1v) is 5.87. The van der Waals surface area contributed by atoms with Gasteiger partial charge in [-0.05, 0) is 26.7 Å². The van der Waals surface area contributed by atoms with Gasteiger partial charge in [-0.2, -0.15) is 0 Å². The van der Waals surface area contributed by atoms with E-state index in [2.05, 4.69) is 5.32 Å². The Kier molecular flexibility index (Phi) is 4.01. The smallest absolute Gasteiger partial charge is 0.408 e. The molecule has 1 aliphatic heterocycles. The largest absolute Gasteiger partial charge is 0.463 e. The maximum atomic E-state index is 11.6. The van der Waals surface area contributed by atoms with E-state index in [-0.39, 0.29) is 30.5 Å². The van der Waals surface area contributed by atoms with Gasteiger partial charge in [-0.15, -0.1) is 0 Å². The van der Waals surface area contributed by atoms with Crippen LogP contribution in [0.4, 0.5) is 4.79 Å². The van der Waals surface area contributed by atoms with Crippen LogP contribution in [0, 0.1) is 11.8 Å². The van der Waals surface area contributed by atoms with Crippen molar-refractivity contribution in [3.8, 4) is 0 Å². The summed E-state index contributed by atoms with van der Waals surface area (Å²) in [6, 6.07) is -0.183. The first-order valence-electron chi connectivity index (χ1n) is 5.87. The number of carbonyl (C=O) groups is 2. The number of hydrogen-bond donors (Lipinski definition) is 1. The molecule has 0 aliphatic carbocycles. The second-order valence-corrected chi connectivity index (χ2v) is 5.53. The highest BCUT2D eigenvalue weighted by molar-refractivity contribution is 5.74. The van der Waals surface area contributed by atoms with Gasteiger partial charge in [0, 0.05) is 0 Å². The van der Waals surface area contributed by atoms with Gasteiger partial charge in [0.05, 0.1) is 12.0 Å². The molecule has 0 radical (unpaired) electrons. The molecule has 1 heterocycles. The minimum absolute atomic E-state index is 0.0452. The van der Waals surface area contributed by atoms with Crippen molar-refractivity contribution in [3.05, 3.63) is 0 Å². The zero-order valence-electron chi connectivity index (χ0n) is 11.1. The molecule has 1 fully saturated rings. The topological polar surface area (TPSA) is 64.6 Å². The van der Waals surface area contributed by atoms with Crippen molar-refractivity contribution in [2.45, 2.75) is 46.3 Å². The molecule has 0 aromatic heterocycles. The van der Waals surface area contributed by atoms with Crippen LogP contribution in [0.25, 0.3) is 0 Å². The summed E-state index contributed by atoms with van der Waals surface area (Å²) in [6.07, 6.45) is -0.473. The van der Waals surface area contributed by atoms with Crippen molar-refractivity contribution < 1.29 is 19.1 Å². The highest BCUT2D eigenvalue weighted by Crippen LogP contribution is 2.22. The predicted octanol–water partition coefficient (Wildman–Crippen LogP) is 1.71. The molecule has 0 saturated carbocycles. The maximum absolute atomic E-state index is 11.6. The summed E-state index contributed by atoms with van der Waals surface area (Å²) in [5.41, 5.74) is -0.524. The molecule has 1 N–H and O–H groups in total. The first kappa shape index (κ1) is 13.8. The molecular weight excluding hydrogens is 222 g/mol. The minimum atomic E-state index is -0.524. The molecule has 98 valence electrons. The van der Waals surface area contributed by atoms with E-state index in [0.717, 1.165) is 0 Å². The zero-order chi connectivity index (χ0) is 13.2. The van der Waals surface area contributed by atoms with Crippen LogP contribution in [0.15, 0.2) is 0 Å². The fourth-order valence-electron chi connectivity index (χ4n) is 1.65. The molecule has 5 heteroatoms. The summed E-state index contributed by atoms with van der Waals surface area (Å²) in [7, 11) is 0. The van der Waals surface area contributed by atoms with Crippen LogP contribution >= 0.6 is 0 Å². The van der Waals surface area contributed by atoms with E-state index >= 15 is 0 Å². The summed E-state index contributed by atoms with van der Waals surface area (Å²) in [4.78, 5) is 22.9. The lowest BCUT2D eigenvalue weighted by Gasteiger charge is -2.33. The molecule has 0 unspecified atom stereocenters. The number of cyclic esters (lactones) is 1. The Balaban J connectivity index is 2.52. The van der Waals surface area contributed by atoms with Gasteiger partial charge in [-0.25, -0.2) is 4.79 Å². The molecule has 1 amide bonds. The molecule has 1 rings (SSSR count). The van der Waals surface area contributed by atoms with Gasteiger partial charge < -0.3 is 14.8 Å². The van der Waals surface area contributed by atoms with E-state index in [1.54, 1.807) is 27.7 Å². The van der Waals surface area contributed by atoms with Crippen LogP contribution in [0.3, 0.4) is 0 Å². The Morgan fingerprint density at radius 1 is 1.41 bits per heavy atom. The van der Waals surface area contributed by atoms with Gasteiger partial charge in [0.2, 0.25) is 0 Å². The van der Waals surface area contributed by atoms with E-state index in [1.165, 1.54) is 0 Å². The number of amides is 1. The minimum Gasteiger partial charge on any atom is -0.463 e. The summed E-state index contributed by atoms with van der Waals surface area (Å²) in [5, 5.41) is 2.74. The molecule has 1 saturated heterocycles. The van der Waals surface area contributed by atoms with Crippen LogP contribution in [-0.2, 0) is 14.3 Å². The summed E-state index contributed by atoms with van der Waals surface area (Å²) in [5.74, 6) is -0.368.